The number of nitrogens with zero attached hydrogens (tertiary/aromatic N) is 2. The smallest absolute Gasteiger partial charge is 0.166 e. The van der Waals surface area contributed by atoms with E-state index in [2.05, 4.69) is 20.9 Å². The van der Waals surface area contributed by atoms with Crippen LogP contribution in [0.25, 0.3) is 0 Å². The molecule has 2 N–H and O–H groups in total. The molecule has 2 rings (SSSR count). The van der Waals surface area contributed by atoms with E-state index in [-0.39, 0.29) is 5.82 Å². The summed E-state index contributed by atoms with van der Waals surface area (Å²) >= 11 is 3.27. The lowest BCUT2D eigenvalue weighted by Crippen LogP contribution is -2.08. The van der Waals surface area contributed by atoms with Crippen molar-refractivity contribution in [2.75, 3.05) is 5.73 Å². The number of hydrogen-bond donors (Lipinski definition) is 1. The lowest BCUT2D eigenvalue weighted by molar-refractivity contribution is 0.226. The Morgan fingerprint density at radius 3 is 2.90 bits per heavy atom. The number of pyridine rings is 1. The van der Waals surface area contributed by atoms with Gasteiger partial charge in [0.05, 0.1) is 11.6 Å². The van der Waals surface area contributed by atoms with Gasteiger partial charge in [-0.25, -0.2) is 9.37 Å². The average molecular weight is 336 g/mol. The number of nitrogens with two attached hydrogens (primary N) is 1. The molecule has 0 aliphatic heterocycles. The van der Waals surface area contributed by atoms with Crippen LogP contribution in [0.5, 0.6) is 5.75 Å². The van der Waals surface area contributed by atoms with Crippen molar-refractivity contribution in [1.82, 2.24) is 4.98 Å². The zero-order chi connectivity index (χ0) is 14.7. The van der Waals surface area contributed by atoms with Crippen molar-refractivity contribution in [2.24, 2.45) is 0 Å². The second-order valence-corrected chi connectivity index (χ2v) is 5.06. The number of ether oxygens (including phenoxy) is 1. The van der Waals surface area contributed by atoms with Gasteiger partial charge in [0, 0.05) is 16.2 Å². The van der Waals surface area contributed by atoms with E-state index in [4.69, 9.17) is 15.7 Å². The summed E-state index contributed by atoms with van der Waals surface area (Å²) in [6.45, 7) is 1.72. The first-order chi connectivity index (χ1) is 9.51. The Bertz CT molecular complexity index is 685. The van der Waals surface area contributed by atoms with Crippen LogP contribution in [0.4, 0.5) is 10.2 Å². The molecule has 0 aliphatic carbocycles. The lowest BCUT2D eigenvalue weighted by atomic mass is 10.0. The summed E-state index contributed by atoms with van der Waals surface area (Å²) in [4.78, 5) is 3.95. The molecule has 1 heterocycles. The third-order valence-corrected chi connectivity index (χ3v) is 3.16. The lowest BCUT2D eigenvalue weighted by Gasteiger charge is -2.17. The summed E-state index contributed by atoms with van der Waals surface area (Å²) in [6, 6.07) is 7.63. The number of halogens is 2. The fourth-order valence-corrected chi connectivity index (χ4v) is 2.06. The largest absolute Gasteiger partial charge is 0.482 e. The van der Waals surface area contributed by atoms with E-state index in [0.717, 1.165) is 0 Å². The zero-order valence-corrected chi connectivity index (χ0v) is 12.2. The molecule has 0 amide bonds. The first-order valence-electron chi connectivity index (χ1n) is 5.78. The van der Waals surface area contributed by atoms with Crippen LogP contribution in [-0.4, -0.2) is 4.98 Å². The molecule has 6 heteroatoms. The van der Waals surface area contributed by atoms with E-state index in [1.54, 1.807) is 19.2 Å². The van der Waals surface area contributed by atoms with Gasteiger partial charge >= 0.3 is 0 Å². The Balaban J connectivity index is 2.33. The summed E-state index contributed by atoms with van der Waals surface area (Å²) in [5.41, 5.74) is 6.55. The average Bonchev–Trinajstić information content (AvgIpc) is 2.42. The summed E-state index contributed by atoms with van der Waals surface area (Å²) in [5, 5.41) is 9.05. The molecule has 0 spiro atoms. The SMILES string of the molecule is C[C@@H](Oc1cc(Br)cnc1N)c1cc(F)ccc1C#N. The fraction of sp³-hybridized carbons (Fsp3) is 0.143. The van der Waals surface area contributed by atoms with Gasteiger partial charge in [0.2, 0.25) is 0 Å². The molecule has 0 aliphatic rings. The van der Waals surface area contributed by atoms with Gasteiger partial charge in [0.15, 0.2) is 11.6 Å². The summed E-state index contributed by atoms with van der Waals surface area (Å²) in [5.74, 6) is 0.185. The Labute approximate surface area is 124 Å². The van der Waals surface area contributed by atoms with Crippen molar-refractivity contribution in [3.05, 3.63) is 51.9 Å². The molecule has 1 aromatic heterocycles. The normalized spacial score (nSPS) is 11.7. The molecule has 0 fully saturated rings. The van der Waals surface area contributed by atoms with E-state index in [1.807, 2.05) is 6.07 Å². The molecule has 1 atom stereocenters. The van der Waals surface area contributed by atoms with E-state index < -0.39 is 11.9 Å². The maximum atomic E-state index is 13.3. The van der Waals surface area contributed by atoms with Crippen LogP contribution in [-0.2, 0) is 0 Å². The number of nitriles is 1. The Hall–Kier alpha value is -2.13. The number of anilines is 1. The number of hydrogen-bond acceptors (Lipinski definition) is 4. The van der Waals surface area contributed by atoms with Gasteiger partial charge in [-0.15, -0.1) is 0 Å². The Morgan fingerprint density at radius 1 is 1.45 bits per heavy atom. The molecule has 0 radical (unpaired) electrons. The van der Waals surface area contributed by atoms with Crippen LogP contribution in [0.3, 0.4) is 0 Å². The third-order valence-electron chi connectivity index (χ3n) is 2.72. The molecular weight excluding hydrogens is 325 g/mol. The maximum Gasteiger partial charge on any atom is 0.166 e. The van der Waals surface area contributed by atoms with E-state index in [0.29, 0.717) is 21.3 Å². The molecule has 0 saturated carbocycles. The molecule has 1 aromatic carbocycles. The second-order valence-electron chi connectivity index (χ2n) is 4.14. The van der Waals surface area contributed by atoms with Crippen molar-refractivity contribution in [3.8, 4) is 11.8 Å². The fourth-order valence-electron chi connectivity index (χ4n) is 1.75. The summed E-state index contributed by atoms with van der Waals surface area (Å²) in [6.07, 6.45) is 1.02. The Kier molecular flexibility index (Phi) is 4.20. The Morgan fingerprint density at radius 2 is 2.20 bits per heavy atom. The molecule has 20 heavy (non-hydrogen) atoms. The van der Waals surface area contributed by atoms with Crippen molar-refractivity contribution >= 4 is 21.7 Å². The molecule has 0 saturated heterocycles. The maximum absolute atomic E-state index is 13.3. The number of aromatic nitrogens is 1. The highest BCUT2D eigenvalue weighted by molar-refractivity contribution is 9.10. The number of rotatable bonds is 3. The minimum absolute atomic E-state index is 0.231. The van der Waals surface area contributed by atoms with Crippen LogP contribution in [0.2, 0.25) is 0 Å². The van der Waals surface area contributed by atoms with Gasteiger partial charge in [-0.1, -0.05) is 0 Å². The second kappa shape index (κ2) is 5.88. The molecule has 2 aromatic rings. The standard InChI is InChI=1S/C14H11BrFN3O/c1-8(12-5-11(16)3-2-9(12)6-17)20-13-4-10(15)7-19-14(13)18/h2-5,7-8H,1H3,(H2,18,19)/t8-/m1/s1. The van der Waals surface area contributed by atoms with Gasteiger partial charge < -0.3 is 10.5 Å². The van der Waals surface area contributed by atoms with Crippen LogP contribution in [0, 0.1) is 17.1 Å². The van der Waals surface area contributed by atoms with Crippen LogP contribution in [0.15, 0.2) is 34.9 Å². The predicted molar refractivity (Wildman–Crippen MR) is 76.5 cm³/mol. The first kappa shape index (κ1) is 14.3. The van der Waals surface area contributed by atoms with Gasteiger partial charge in [-0.2, -0.15) is 5.26 Å². The molecule has 0 unspecified atom stereocenters. The van der Waals surface area contributed by atoms with Gasteiger partial charge in [0.1, 0.15) is 11.9 Å². The van der Waals surface area contributed by atoms with Crippen LogP contribution >= 0.6 is 15.9 Å². The summed E-state index contributed by atoms with van der Waals surface area (Å²) in [7, 11) is 0. The monoisotopic (exact) mass is 335 g/mol. The number of benzene rings is 1. The quantitative estimate of drug-likeness (QED) is 0.930. The highest BCUT2D eigenvalue weighted by Crippen LogP contribution is 2.29. The highest BCUT2D eigenvalue weighted by Gasteiger charge is 2.15. The van der Waals surface area contributed by atoms with Gasteiger partial charge in [0.25, 0.3) is 0 Å². The van der Waals surface area contributed by atoms with Gasteiger partial charge in [-0.3, -0.25) is 0 Å². The van der Waals surface area contributed by atoms with Crippen molar-refractivity contribution < 1.29 is 9.13 Å². The molecule has 102 valence electrons. The number of nitrogen functional groups attached to an aromatic ring is 1. The molecule has 0 bridgehead atoms. The topological polar surface area (TPSA) is 71.9 Å². The molecular formula is C14H11BrFN3O. The van der Waals surface area contributed by atoms with E-state index in [1.165, 1.54) is 18.2 Å². The third kappa shape index (κ3) is 3.06. The van der Waals surface area contributed by atoms with Crippen molar-refractivity contribution in [2.45, 2.75) is 13.0 Å². The van der Waals surface area contributed by atoms with Crippen LogP contribution in [0.1, 0.15) is 24.2 Å². The minimum atomic E-state index is -0.529. The highest BCUT2D eigenvalue weighted by atomic mass is 79.9. The van der Waals surface area contributed by atoms with Crippen molar-refractivity contribution in [3.63, 3.8) is 0 Å². The van der Waals surface area contributed by atoms with Crippen molar-refractivity contribution in [1.29, 1.82) is 5.26 Å². The van der Waals surface area contributed by atoms with E-state index >= 15 is 0 Å². The molecule has 4 nitrogen and oxygen atoms in total. The zero-order valence-electron chi connectivity index (χ0n) is 10.6. The van der Waals surface area contributed by atoms with Crippen LogP contribution < -0.4 is 10.5 Å². The predicted octanol–water partition coefficient (Wildman–Crippen LogP) is 3.58. The van der Waals surface area contributed by atoms with E-state index in [9.17, 15) is 4.39 Å². The summed E-state index contributed by atoms with van der Waals surface area (Å²) < 4.78 is 19.7. The van der Waals surface area contributed by atoms with Gasteiger partial charge in [-0.05, 0) is 47.1 Å². The first-order valence-corrected chi connectivity index (χ1v) is 6.57. The minimum Gasteiger partial charge on any atom is -0.482 e.